The molecule has 1 aromatic rings. The Labute approximate surface area is 128 Å². The topological polar surface area (TPSA) is 18.5 Å². The first-order chi connectivity index (χ1) is 9.13. The van der Waals surface area contributed by atoms with Crippen LogP contribution >= 0.6 is 34.8 Å². The molecule has 0 aromatic heterocycles. The normalized spacial score (nSPS) is 21.2. The molecule has 1 fully saturated rings. The van der Waals surface area contributed by atoms with Crippen LogP contribution in [0.15, 0.2) is 12.1 Å². The SMILES string of the molecule is CCOc1cc(Cl)c(C(Cl)C2CCCOC2)cc1Cl. The minimum atomic E-state index is -0.180. The molecule has 2 rings (SSSR count). The fraction of sp³-hybridized carbons (Fsp3) is 0.571. The molecule has 0 bridgehead atoms. The van der Waals surface area contributed by atoms with Gasteiger partial charge in [0.05, 0.1) is 23.6 Å². The molecule has 0 aliphatic carbocycles. The highest BCUT2D eigenvalue weighted by Gasteiger charge is 2.26. The van der Waals surface area contributed by atoms with Gasteiger partial charge < -0.3 is 9.47 Å². The third-order valence-electron chi connectivity index (χ3n) is 3.26. The standard InChI is InChI=1S/C14H17Cl3O2/c1-2-19-13-7-11(15)10(6-12(13)16)14(17)9-4-3-5-18-8-9/h6-7,9,14H,2-5,8H2,1H3. The van der Waals surface area contributed by atoms with Gasteiger partial charge in [0.2, 0.25) is 0 Å². The number of rotatable bonds is 4. The summed E-state index contributed by atoms with van der Waals surface area (Å²) in [4.78, 5) is 0. The Morgan fingerprint density at radius 3 is 2.79 bits per heavy atom. The third-order valence-corrected chi connectivity index (χ3v) is 4.47. The molecule has 0 saturated carbocycles. The van der Waals surface area contributed by atoms with Gasteiger partial charge in [-0.2, -0.15) is 0 Å². The van der Waals surface area contributed by atoms with Gasteiger partial charge in [-0.3, -0.25) is 0 Å². The van der Waals surface area contributed by atoms with E-state index in [-0.39, 0.29) is 11.3 Å². The molecule has 0 amide bonds. The highest BCUT2D eigenvalue weighted by Crippen LogP contribution is 2.41. The lowest BCUT2D eigenvalue weighted by Gasteiger charge is -2.27. The number of ether oxygens (including phenoxy) is 2. The van der Waals surface area contributed by atoms with Crippen LogP contribution in [0.1, 0.15) is 30.7 Å². The summed E-state index contributed by atoms with van der Waals surface area (Å²) in [7, 11) is 0. The van der Waals surface area contributed by atoms with E-state index in [1.165, 1.54) is 0 Å². The summed E-state index contributed by atoms with van der Waals surface area (Å²) in [5.74, 6) is 0.878. The largest absolute Gasteiger partial charge is 0.492 e. The lowest BCUT2D eigenvalue weighted by atomic mass is 9.93. The summed E-state index contributed by atoms with van der Waals surface area (Å²) in [6.07, 6.45) is 2.09. The molecule has 1 aliphatic rings. The number of halogens is 3. The average Bonchev–Trinajstić information content (AvgIpc) is 2.43. The molecule has 106 valence electrons. The van der Waals surface area contributed by atoms with Crippen molar-refractivity contribution in [1.82, 2.24) is 0 Å². The second kappa shape index (κ2) is 7.03. The van der Waals surface area contributed by atoms with Crippen LogP contribution in [0.4, 0.5) is 0 Å². The zero-order valence-electron chi connectivity index (χ0n) is 10.8. The van der Waals surface area contributed by atoms with E-state index >= 15 is 0 Å². The van der Waals surface area contributed by atoms with E-state index in [4.69, 9.17) is 44.3 Å². The van der Waals surface area contributed by atoms with Crippen molar-refractivity contribution in [2.75, 3.05) is 19.8 Å². The molecule has 0 N–H and O–H groups in total. The molecule has 1 aromatic carbocycles. The van der Waals surface area contributed by atoms with Gasteiger partial charge in [-0.25, -0.2) is 0 Å². The molecule has 0 radical (unpaired) electrons. The first-order valence-corrected chi connectivity index (χ1v) is 7.66. The lowest BCUT2D eigenvalue weighted by molar-refractivity contribution is 0.0531. The Bertz CT molecular complexity index is 431. The number of alkyl halides is 1. The molecular weight excluding hydrogens is 307 g/mol. The van der Waals surface area contributed by atoms with Crippen molar-refractivity contribution in [3.63, 3.8) is 0 Å². The first kappa shape index (κ1) is 15.2. The quantitative estimate of drug-likeness (QED) is 0.718. The lowest BCUT2D eigenvalue weighted by Crippen LogP contribution is -2.21. The van der Waals surface area contributed by atoms with E-state index in [1.807, 2.05) is 6.92 Å². The Hall–Kier alpha value is -0.150. The predicted molar refractivity (Wildman–Crippen MR) is 79.8 cm³/mol. The van der Waals surface area contributed by atoms with Gasteiger partial charge in [0.1, 0.15) is 5.75 Å². The van der Waals surface area contributed by atoms with Crippen LogP contribution in [0.2, 0.25) is 10.0 Å². The minimum Gasteiger partial charge on any atom is -0.492 e. The van der Waals surface area contributed by atoms with Crippen LogP contribution in [0, 0.1) is 5.92 Å². The van der Waals surface area contributed by atoms with E-state index in [9.17, 15) is 0 Å². The molecular formula is C14H17Cl3O2. The van der Waals surface area contributed by atoms with Crippen LogP contribution in [0.25, 0.3) is 0 Å². The maximum atomic E-state index is 6.53. The second-order valence-electron chi connectivity index (χ2n) is 4.62. The first-order valence-electron chi connectivity index (χ1n) is 6.47. The monoisotopic (exact) mass is 322 g/mol. The van der Waals surface area contributed by atoms with E-state index in [0.717, 1.165) is 25.0 Å². The molecule has 2 atom stereocenters. The Morgan fingerprint density at radius 2 is 2.16 bits per heavy atom. The van der Waals surface area contributed by atoms with Gasteiger partial charge in [0.15, 0.2) is 0 Å². The molecule has 5 heteroatoms. The fourth-order valence-electron chi connectivity index (χ4n) is 2.27. The van der Waals surface area contributed by atoms with Crippen molar-refractivity contribution in [3.8, 4) is 5.75 Å². The van der Waals surface area contributed by atoms with Gasteiger partial charge in [-0.1, -0.05) is 23.2 Å². The second-order valence-corrected chi connectivity index (χ2v) is 5.90. The van der Waals surface area contributed by atoms with E-state index in [0.29, 0.717) is 29.0 Å². The zero-order chi connectivity index (χ0) is 13.8. The summed E-state index contributed by atoms with van der Waals surface area (Å²) in [6.45, 7) is 3.95. The van der Waals surface area contributed by atoms with Gasteiger partial charge in [-0.05, 0) is 31.4 Å². The molecule has 19 heavy (non-hydrogen) atoms. The molecule has 0 spiro atoms. The van der Waals surface area contributed by atoms with Gasteiger partial charge in [-0.15, -0.1) is 11.6 Å². The summed E-state index contributed by atoms with van der Waals surface area (Å²) >= 11 is 19.0. The van der Waals surface area contributed by atoms with Crippen molar-refractivity contribution in [2.45, 2.75) is 25.1 Å². The fourth-order valence-corrected chi connectivity index (χ4v) is 3.20. The number of hydrogen-bond donors (Lipinski definition) is 0. The Kier molecular flexibility index (Phi) is 5.64. The van der Waals surface area contributed by atoms with Crippen LogP contribution < -0.4 is 4.74 Å². The van der Waals surface area contributed by atoms with E-state index < -0.39 is 0 Å². The van der Waals surface area contributed by atoms with Crippen molar-refractivity contribution < 1.29 is 9.47 Å². The zero-order valence-corrected chi connectivity index (χ0v) is 13.1. The molecule has 1 heterocycles. The van der Waals surface area contributed by atoms with Gasteiger partial charge in [0.25, 0.3) is 0 Å². The summed E-state index contributed by atoms with van der Waals surface area (Å²) in [6, 6.07) is 3.54. The highest BCUT2D eigenvalue weighted by molar-refractivity contribution is 6.35. The summed E-state index contributed by atoms with van der Waals surface area (Å²) < 4.78 is 10.9. The van der Waals surface area contributed by atoms with E-state index in [2.05, 4.69) is 0 Å². The van der Waals surface area contributed by atoms with E-state index in [1.54, 1.807) is 12.1 Å². The average molecular weight is 324 g/mol. The van der Waals surface area contributed by atoms with Crippen molar-refractivity contribution in [1.29, 1.82) is 0 Å². The maximum absolute atomic E-state index is 6.53. The van der Waals surface area contributed by atoms with Crippen molar-refractivity contribution >= 4 is 34.8 Å². The molecule has 2 unspecified atom stereocenters. The maximum Gasteiger partial charge on any atom is 0.139 e. The minimum absolute atomic E-state index is 0.180. The van der Waals surface area contributed by atoms with Crippen molar-refractivity contribution in [2.24, 2.45) is 5.92 Å². The molecule has 2 nitrogen and oxygen atoms in total. The number of hydrogen-bond acceptors (Lipinski definition) is 2. The third kappa shape index (κ3) is 3.69. The molecule has 1 aliphatic heterocycles. The van der Waals surface area contributed by atoms with Gasteiger partial charge >= 0.3 is 0 Å². The Morgan fingerprint density at radius 1 is 1.37 bits per heavy atom. The summed E-state index contributed by atoms with van der Waals surface area (Å²) in [5, 5.41) is 0.961. The van der Waals surface area contributed by atoms with Crippen LogP contribution in [-0.2, 0) is 4.74 Å². The van der Waals surface area contributed by atoms with Gasteiger partial charge in [0, 0.05) is 23.6 Å². The smallest absolute Gasteiger partial charge is 0.139 e. The highest BCUT2D eigenvalue weighted by atomic mass is 35.5. The van der Waals surface area contributed by atoms with Crippen LogP contribution in [0.5, 0.6) is 5.75 Å². The van der Waals surface area contributed by atoms with Crippen LogP contribution in [0.3, 0.4) is 0 Å². The Balaban J connectivity index is 2.21. The predicted octanol–water partition coefficient (Wildman–Crippen LogP) is 5.10. The van der Waals surface area contributed by atoms with Crippen LogP contribution in [-0.4, -0.2) is 19.8 Å². The van der Waals surface area contributed by atoms with Crippen molar-refractivity contribution in [3.05, 3.63) is 27.7 Å². The number of benzene rings is 1. The molecule has 1 saturated heterocycles. The summed E-state index contributed by atoms with van der Waals surface area (Å²) in [5.41, 5.74) is 0.854.